The van der Waals surface area contributed by atoms with E-state index in [4.69, 9.17) is 18.0 Å². The van der Waals surface area contributed by atoms with E-state index in [1.54, 1.807) is 0 Å². The highest BCUT2D eigenvalue weighted by atomic mass is 32.1. The van der Waals surface area contributed by atoms with Gasteiger partial charge in [0.25, 0.3) is 0 Å². The molecule has 15 heavy (non-hydrogen) atoms. The van der Waals surface area contributed by atoms with Crippen molar-refractivity contribution >= 4 is 23.1 Å². The fourth-order valence-corrected chi connectivity index (χ4v) is 1.10. The first-order valence-corrected chi connectivity index (χ1v) is 5.73. The lowest BCUT2D eigenvalue weighted by molar-refractivity contribution is -0.130. The number of nitrogens with two attached hydrogens (primary N) is 1. The smallest absolute Gasteiger partial charge is 0.226 e. The molecule has 0 saturated carbocycles. The molecular formula is C11H22N2OS. The average Bonchev–Trinajstić information content (AvgIpc) is 2.17. The summed E-state index contributed by atoms with van der Waals surface area (Å²) in [5.74, 6) is 0.00199. The summed E-state index contributed by atoms with van der Waals surface area (Å²) < 4.78 is 0. The van der Waals surface area contributed by atoms with Crippen molar-refractivity contribution in [2.24, 2.45) is 11.1 Å². The van der Waals surface area contributed by atoms with Crippen molar-refractivity contribution in [3.63, 3.8) is 0 Å². The molecule has 0 bridgehead atoms. The summed E-state index contributed by atoms with van der Waals surface area (Å²) >= 11 is 4.97. The lowest BCUT2D eigenvalue weighted by Crippen LogP contribution is -2.56. The number of hydrogen-bond acceptors (Lipinski definition) is 2. The standard InChI is InChI=1S/C11H22N2OS/c1-6-10(3,4)9(14)13-11(5,7-2)8(12)15/h6-7H2,1-5H3,(H2,12,15)(H,13,14). The van der Waals surface area contributed by atoms with Gasteiger partial charge < -0.3 is 11.1 Å². The molecule has 0 saturated heterocycles. The molecular weight excluding hydrogens is 208 g/mol. The van der Waals surface area contributed by atoms with Gasteiger partial charge in [0.2, 0.25) is 5.91 Å². The van der Waals surface area contributed by atoms with Crippen LogP contribution < -0.4 is 11.1 Å². The van der Waals surface area contributed by atoms with E-state index < -0.39 is 5.54 Å². The van der Waals surface area contributed by atoms with Gasteiger partial charge in [-0.2, -0.15) is 0 Å². The SMILES string of the molecule is CCC(C)(C)C(=O)NC(C)(CC)C(N)=S. The van der Waals surface area contributed by atoms with Crippen LogP contribution in [0.3, 0.4) is 0 Å². The van der Waals surface area contributed by atoms with Crippen molar-refractivity contribution in [1.82, 2.24) is 5.32 Å². The Bertz CT molecular complexity index is 263. The number of nitrogens with one attached hydrogen (secondary N) is 1. The van der Waals surface area contributed by atoms with Crippen LogP contribution in [0, 0.1) is 5.41 Å². The van der Waals surface area contributed by atoms with E-state index in [-0.39, 0.29) is 11.3 Å². The Kier molecular flexibility index (Phi) is 4.71. The van der Waals surface area contributed by atoms with E-state index in [0.29, 0.717) is 11.4 Å². The highest BCUT2D eigenvalue weighted by molar-refractivity contribution is 7.80. The first-order valence-electron chi connectivity index (χ1n) is 5.32. The number of rotatable bonds is 5. The molecule has 1 amide bonds. The van der Waals surface area contributed by atoms with E-state index >= 15 is 0 Å². The number of amides is 1. The molecule has 3 N–H and O–H groups in total. The van der Waals surface area contributed by atoms with Gasteiger partial charge in [-0.05, 0) is 19.8 Å². The topological polar surface area (TPSA) is 55.1 Å². The highest BCUT2D eigenvalue weighted by Crippen LogP contribution is 2.22. The Labute approximate surface area is 97.8 Å². The summed E-state index contributed by atoms with van der Waals surface area (Å²) in [5, 5.41) is 2.93. The Morgan fingerprint density at radius 1 is 1.27 bits per heavy atom. The molecule has 0 radical (unpaired) electrons. The molecule has 0 spiro atoms. The minimum absolute atomic E-state index is 0.00199. The largest absolute Gasteiger partial charge is 0.391 e. The molecule has 0 fully saturated rings. The van der Waals surface area contributed by atoms with E-state index in [2.05, 4.69) is 5.32 Å². The lowest BCUT2D eigenvalue weighted by atomic mass is 9.87. The number of thiocarbonyl (C=S) groups is 1. The van der Waals surface area contributed by atoms with Gasteiger partial charge in [-0.15, -0.1) is 0 Å². The fourth-order valence-electron chi connectivity index (χ4n) is 0.905. The minimum Gasteiger partial charge on any atom is -0.391 e. The molecule has 0 aromatic carbocycles. The molecule has 3 nitrogen and oxygen atoms in total. The van der Waals surface area contributed by atoms with Crippen molar-refractivity contribution in [3.8, 4) is 0 Å². The summed E-state index contributed by atoms with van der Waals surface area (Å²) in [4.78, 5) is 12.3. The third-order valence-electron chi connectivity index (χ3n) is 3.14. The van der Waals surface area contributed by atoms with Crippen molar-refractivity contribution in [2.45, 2.75) is 53.0 Å². The van der Waals surface area contributed by atoms with E-state index in [0.717, 1.165) is 6.42 Å². The van der Waals surface area contributed by atoms with E-state index in [9.17, 15) is 4.79 Å². The zero-order valence-electron chi connectivity index (χ0n) is 10.3. The summed E-state index contributed by atoms with van der Waals surface area (Å²) in [5.41, 5.74) is 4.69. The third kappa shape index (κ3) is 3.45. The molecule has 0 aromatic heterocycles. The molecule has 88 valence electrons. The van der Waals surface area contributed by atoms with Gasteiger partial charge in [0, 0.05) is 5.41 Å². The van der Waals surface area contributed by atoms with Gasteiger partial charge in [0.1, 0.15) is 0 Å². The monoisotopic (exact) mass is 230 g/mol. The molecule has 0 rings (SSSR count). The van der Waals surface area contributed by atoms with Crippen LogP contribution in [0.5, 0.6) is 0 Å². The number of carbonyl (C=O) groups excluding carboxylic acids is 1. The van der Waals surface area contributed by atoms with Gasteiger partial charge >= 0.3 is 0 Å². The summed E-state index contributed by atoms with van der Waals surface area (Å²) in [6.07, 6.45) is 1.49. The van der Waals surface area contributed by atoms with Crippen LogP contribution in [-0.2, 0) is 4.79 Å². The van der Waals surface area contributed by atoms with Crippen LogP contribution in [0.25, 0.3) is 0 Å². The Hall–Kier alpha value is -0.640. The van der Waals surface area contributed by atoms with Crippen molar-refractivity contribution < 1.29 is 4.79 Å². The maximum atomic E-state index is 11.9. The van der Waals surface area contributed by atoms with Crippen molar-refractivity contribution in [3.05, 3.63) is 0 Å². The van der Waals surface area contributed by atoms with Gasteiger partial charge in [0.15, 0.2) is 0 Å². The summed E-state index contributed by atoms with van der Waals surface area (Å²) in [6, 6.07) is 0. The van der Waals surface area contributed by atoms with Crippen LogP contribution in [0.4, 0.5) is 0 Å². The minimum atomic E-state index is -0.571. The fraction of sp³-hybridized carbons (Fsp3) is 0.818. The first-order chi connectivity index (χ1) is 6.69. The van der Waals surface area contributed by atoms with Gasteiger partial charge in [-0.25, -0.2) is 0 Å². The Balaban J connectivity index is 4.72. The molecule has 0 aliphatic rings. The molecule has 0 heterocycles. The maximum Gasteiger partial charge on any atom is 0.226 e. The maximum absolute atomic E-state index is 11.9. The van der Waals surface area contributed by atoms with E-state index in [1.165, 1.54) is 0 Å². The normalized spacial score (nSPS) is 15.5. The molecule has 0 aliphatic carbocycles. The second-order valence-corrected chi connectivity index (χ2v) is 5.18. The molecule has 4 heteroatoms. The predicted octanol–water partition coefficient (Wildman–Crippen LogP) is 1.99. The molecule has 1 unspecified atom stereocenters. The van der Waals surface area contributed by atoms with E-state index in [1.807, 2.05) is 34.6 Å². The van der Waals surface area contributed by atoms with Crippen molar-refractivity contribution in [2.75, 3.05) is 0 Å². The second kappa shape index (κ2) is 4.92. The molecule has 1 atom stereocenters. The third-order valence-corrected chi connectivity index (χ3v) is 3.59. The summed E-state index contributed by atoms with van der Waals surface area (Å²) in [7, 11) is 0. The van der Waals surface area contributed by atoms with Crippen LogP contribution in [0.1, 0.15) is 47.5 Å². The average molecular weight is 230 g/mol. The predicted molar refractivity (Wildman–Crippen MR) is 67.7 cm³/mol. The van der Waals surface area contributed by atoms with Crippen LogP contribution in [0.15, 0.2) is 0 Å². The van der Waals surface area contributed by atoms with Crippen LogP contribution in [0.2, 0.25) is 0 Å². The number of hydrogen-bond donors (Lipinski definition) is 2. The highest BCUT2D eigenvalue weighted by Gasteiger charge is 2.33. The van der Waals surface area contributed by atoms with Crippen molar-refractivity contribution in [1.29, 1.82) is 0 Å². The Morgan fingerprint density at radius 3 is 2.00 bits per heavy atom. The van der Waals surface area contributed by atoms with Gasteiger partial charge in [-0.3, -0.25) is 4.79 Å². The molecule has 0 aliphatic heterocycles. The summed E-state index contributed by atoms with van der Waals surface area (Å²) in [6.45, 7) is 9.64. The quantitative estimate of drug-likeness (QED) is 0.710. The van der Waals surface area contributed by atoms with Crippen LogP contribution in [-0.4, -0.2) is 16.4 Å². The zero-order valence-corrected chi connectivity index (χ0v) is 11.1. The number of carbonyl (C=O) groups is 1. The van der Waals surface area contributed by atoms with Gasteiger partial charge in [0.05, 0.1) is 10.5 Å². The second-order valence-electron chi connectivity index (χ2n) is 4.74. The van der Waals surface area contributed by atoms with Crippen LogP contribution >= 0.6 is 12.2 Å². The molecule has 0 aromatic rings. The lowest BCUT2D eigenvalue weighted by Gasteiger charge is -2.32. The zero-order chi connectivity index (χ0) is 12.3. The first kappa shape index (κ1) is 14.4. The van der Waals surface area contributed by atoms with Gasteiger partial charge in [-0.1, -0.05) is 39.9 Å². The Morgan fingerprint density at radius 2 is 1.73 bits per heavy atom.